The number of hydrogen-bond acceptors (Lipinski definition) is 1. The fourth-order valence-electron chi connectivity index (χ4n) is 2.24. The number of ether oxygens (including phenoxy) is 1. The summed E-state index contributed by atoms with van der Waals surface area (Å²) in [6, 6.07) is 18.7. The Morgan fingerprint density at radius 3 is 2.33 bits per heavy atom. The lowest BCUT2D eigenvalue weighted by atomic mass is 9.97. The van der Waals surface area contributed by atoms with Gasteiger partial charge in [0.25, 0.3) is 0 Å². The Hall–Kier alpha value is -2.02. The highest BCUT2D eigenvalue weighted by molar-refractivity contribution is 5.30. The van der Waals surface area contributed by atoms with Crippen molar-refractivity contribution in [3.8, 4) is 5.75 Å². The van der Waals surface area contributed by atoms with Gasteiger partial charge >= 0.3 is 0 Å². The Labute approximate surface area is 128 Å². The van der Waals surface area contributed by atoms with Crippen molar-refractivity contribution >= 4 is 0 Å². The van der Waals surface area contributed by atoms with Gasteiger partial charge in [0.15, 0.2) is 0 Å². The molecule has 21 heavy (non-hydrogen) atoms. The van der Waals surface area contributed by atoms with Crippen LogP contribution in [0, 0.1) is 0 Å². The Morgan fingerprint density at radius 1 is 0.952 bits per heavy atom. The second kappa shape index (κ2) is 8.31. The molecule has 0 heterocycles. The highest BCUT2D eigenvalue weighted by atomic mass is 16.5. The van der Waals surface area contributed by atoms with E-state index in [0.29, 0.717) is 12.5 Å². The van der Waals surface area contributed by atoms with E-state index in [1.54, 1.807) is 0 Å². The molecule has 0 N–H and O–H groups in total. The van der Waals surface area contributed by atoms with Gasteiger partial charge in [-0.05, 0) is 42.0 Å². The summed E-state index contributed by atoms with van der Waals surface area (Å²) in [5, 5.41) is 0. The van der Waals surface area contributed by atoms with Crippen molar-refractivity contribution in [1.82, 2.24) is 0 Å². The third-order valence-electron chi connectivity index (χ3n) is 3.59. The van der Waals surface area contributed by atoms with Crippen molar-refractivity contribution in [2.24, 2.45) is 0 Å². The van der Waals surface area contributed by atoms with Crippen LogP contribution in [0.1, 0.15) is 43.7 Å². The molecule has 1 atom stereocenters. The first kappa shape index (κ1) is 15.4. The average molecular weight is 280 g/mol. The molecule has 0 spiro atoms. The molecule has 0 aromatic heterocycles. The van der Waals surface area contributed by atoms with E-state index < -0.39 is 0 Å². The lowest BCUT2D eigenvalue weighted by molar-refractivity contribution is 0.306. The summed E-state index contributed by atoms with van der Waals surface area (Å²) in [4.78, 5) is 0. The van der Waals surface area contributed by atoms with Gasteiger partial charge in [0, 0.05) is 0 Å². The van der Waals surface area contributed by atoms with Crippen molar-refractivity contribution in [2.75, 3.05) is 0 Å². The van der Waals surface area contributed by atoms with Gasteiger partial charge in [-0.3, -0.25) is 0 Å². The zero-order valence-electron chi connectivity index (χ0n) is 13.0. The Bertz CT molecular complexity index is 540. The molecule has 0 aliphatic carbocycles. The molecule has 1 nitrogen and oxygen atoms in total. The van der Waals surface area contributed by atoms with E-state index in [1.165, 1.54) is 11.1 Å². The van der Waals surface area contributed by atoms with Gasteiger partial charge in [0.05, 0.1) is 0 Å². The van der Waals surface area contributed by atoms with Crippen LogP contribution in [0.3, 0.4) is 0 Å². The second-order valence-corrected chi connectivity index (χ2v) is 5.36. The molecule has 0 saturated carbocycles. The summed E-state index contributed by atoms with van der Waals surface area (Å²) in [7, 11) is 0. The van der Waals surface area contributed by atoms with Crippen LogP contribution in [-0.2, 0) is 6.61 Å². The predicted octanol–water partition coefficient (Wildman–Crippen LogP) is 5.73. The summed E-state index contributed by atoms with van der Waals surface area (Å²) in [5.41, 5.74) is 2.56. The van der Waals surface area contributed by atoms with E-state index in [4.69, 9.17) is 4.74 Å². The predicted molar refractivity (Wildman–Crippen MR) is 89.7 cm³/mol. The molecule has 1 heteroatoms. The molecule has 0 aliphatic rings. The summed E-state index contributed by atoms with van der Waals surface area (Å²) >= 11 is 0. The van der Waals surface area contributed by atoms with E-state index in [2.05, 4.69) is 62.4 Å². The van der Waals surface area contributed by atoms with E-state index in [9.17, 15) is 0 Å². The van der Waals surface area contributed by atoms with Gasteiger partial charge in [0.1, 0.15) is 12.4 Å². The molecule has 2 aromatic carbocycles. The van der Waals surface area contributed by atoms with Crippen LogP contribution < -0.4 is 4.74 Å². The smallest absolute Gasteiger partial charge is 0.119 e. The summed E-state index contributed by atoms with van der Waals surface area (Å²) < 4.78 is 5.81. The molecule has 0 fully saturated rings. The van der Waals surface area contributed by atoms with Crippen LogP contribution in [0.5, 0.6) is 5.75 Å². The van der Waals surface area contributed by atoms with Crippen LogP contribution >= 0.6 is 0 Å². The Balaban J connectivity index is 1.88. The standard InChI is InChI=1S/C20H24O/c1-3-4-6-9-17(2)19-12-14-20(15-13-19)21-16-18-10-7-5-8-11-18/h4-8,10-15,17H,3,9,16H2,1-2H3/b6-4-. The van der Waals surface area contributed by atoms with Gasteiger partial charge in [-0.25, -0.2) is 0 Å². The van der Waals surface area contributed by atoms with E-state index in [-0.39, 0.29) is 0 Å². The minimum Gasteiger partial charge on any atom is -0.489 e. The van der Waals surface area contributed by atoms with Crippen molar-refractivity contribution in [3.63, 3.8) is 0 Å². The maximum atomic E-state index is 5.81. The number of rotatable bonds is 7. The van der Waals surface area contributed by atoms with Crippen molar-refractivity contribution in [3.05, 3.63) is 77.9 Å². The second-order valence-electron chi connectivity index (χ2n) is 5.36. The molecule has 1 unspecified atom stereocenters. The molecule has 0 radical (unpaired) electrons. The molecular formula is C20H24O. The topological polar surface area (TPSA) is 9.23 Å². The molecular weight excluding hydrogens is 256 g/mol. The first-order valence-electron chi connectivity index (χ1n) is 7.71. The molecule has 2 rings (SSSR count). The normalized spacial score (nSPS) is 12.5. The summed E-state index contributed by atoms with van der Waals surface area (Å²) in [5.74, 6) is 1.48. The maximum Gasteiger partial charge on any atom is 0.119 e. The van der Waals surface area contributed by atoms with E-state index in [1.807, 2.05) is 18.2 Å². The minimum atomic E-state index is 0.552. The molecule has 0 bridgehead atoms. The van der Waals surface area contributed by atoms with Gasteiger partial charge in [-0.1, -0.05) is 68.5 Å². The van der Waals surface area contributed by atoms with Crippen LogP contribution in [0.2, 0.25) is 0 Å². The maximum absolute atomic E-state index is 5.81. The number of allylic oxidation sites excluding steroid dienone is 2. The summed E-state index contributed by atoms with van der Waals surface area (Å²) in [6.07, 6.45) is 6.70. The molecule has 2 aromatic rings. The highest BCUT2D eigenvalue weighted by Crippen LogP contribution is 2.22. The van der Waals surface area contributed by atoms with E-state index >= 15 is 0 Å². The minimum absolute atomic E-state index is 0.552. The highest BCUT2D eigenvalue weighted by Gasteiger charge is 2.04. The van der Waals surface area contributed by atoms with Crippen molar-refractivity contribution in [2.45, 2.75) is 39.2 Å². The van der Waals surface area contributed by atoms with Crippen LogP contribution in [0.25, 0.3) is 0 Å². The van der Waals surface area contributed by atoms with E-state index in [0.717, 1.165) is 18.6 Å². The van der Waals surface area contributed by atoms with Crippen molar-refractivity contribution in [1.29, 1.82) is 0 Å². The lowest BCUT2D eigenvalue weighted by Crippen LogP contribution is -1.96. The Kier molecular flexibility index (Phi) is 6.08. The SMILES string of the molecule is CC/C=C\CC(C)c1ccc(OCc2ccccc2)cc1. The molecule has 0 aliphatic heterocycles. The van der Waals surface area contributed by atoms with Gasteiger partial charge in [-0.2, -0.15) is 0 Å². The van der Waals surface area contributed by atoms with Crippen LogP contribution in [0.15, 0.2) is 66.7 Å². The van der Waals surface area contributed by atoms with Crippen molar-refractivity contribution < 1.29 is 4.74 Å². The molecule has 0 saturated heterocycles. The third-order valence-corrected chi connectivity index (χ3v) is 3.59. The monoisotopic (exact) mass is 280 g/mol. The zero-order chi connectivity index (χ0) is 14.9. The fraction of sp³-hybridized carbons (Fsp3) is 0.300. The number of benzene rings is 2. The largest absolute Gasteiger partial charge is 0.489 e. The van der Waals surface area contributed by atoms with Crippen LogP contribution in [-0.4, -0.2) is 0 Å². The quantitative estimate of drug-likeness (QED) is 0.589. The number of hydrogen-bond donors (Lipinski definition) is 0. The van der Waals surface area contributed by atoms with Gasteiger partial charge in [-0.15, -0.1) is 0 Å². The lowest BCUT2D eigenvalue weighted by Gasteiger charge is -2.11. The summed E-state index contributed by atoms with van der Waals surface area (Å²) in [6.45, 7) is 5.05. The molecule has 0 amide bonds. The Morgan fingerprint density at radius 2 is 1.67 bits per heavy atom. The molecule has 110 valence electrons. The zero-order valence-corrected chi connectivity index (χ0v) is 13.0. The first-order chi connectivity index (χ1) is 10.3. The first-order valence-corrected chi connectivity index (χ1v) is 7.71. The van der Waals surface area contributed by atoms with Gasteiger partial charge in [0.2, 0.25) is 0 Å². The third kappa shape index (κ3) is 5.11. The van der Waals surface area contributed by atoms with Crippen LogP contribution in [0.4, 0.5) is 0 Å². The fourth-order valence-corrected chi connectivity index (χ4v) is 2.24. The average Bonchev–Trinajstić information content (AvgIpc) is 2.54. The van der Waals surface area contributed by atoms with Gasteiger partial charge < -0.3 is 4.74 Å².